The van der Waals surface area contributed by atoms with Gasteiger partial charge in [-0.25, -0.2) is 9.78 Å². The minimum absolute atomic E-state index is 0.252. The van der Waals surface area contributed by atoms with Crippen LogP contribution in [0.4, 0.5) is 0 Å². The monoisotopic (exact) mass is 307 g/mol. The van der Waals surface area contributed by atoms with Crippen LogP contribution in [0, 0.1) is 11.8 Å². The van der Waals surface area contributed by atoms with Gasteiger partial charge in [0.1, 0.15) is 6.26 Å². The highest BCUT2D eigenvalue weighted by atomic mass is 16.5. The van der Waals surface area contributed by atoms with Crippen LogP contribution in [0.25, 0.3) is 0 Å². The van der Waals surface area contributed by atoms with Crippen LogP contribution in [-0.2, 0) is 11.3 Å². The summed E-state index contributed by atoms with van der Waals surface area (Å²) in [6.07, 6.45) is 6.55. The van der Waals surface area contributed by atoms with Crippen LogP contribution in [0.3, 0.4) is 0 Å². The lowest BCUT2D eigenvalue weighted by atomic mass is 9.79. The van der Waals surface area contributed by atoms with Crippen molar-refractivity contribution < 1.29 is 13.9 Å². The molecule has 1 aromatic heterocycles. The Bertz CT molecular complexity index is 489. The molecule has 0 radical (unpaired) electrons. The van der Waals surface area contributed by atoms with Gasteiger partial charge in [-0.2, -0.15) is 0 Å². The lowest BCUT2D eigenvalue weighted by Gasteiger charge is -2.37. The van der Waals surface area contributed by atoms with Crippen LogP contribution in [0.15, 0.2) is 10.7 Å². The average molecular weight is 307 g/mol. The molecule has 22 heavy (non-hydrogen) atoms. The van der Waals surface area contributed by atoms with E-state index in [4.69, 9.17) is 4.42 Å². The largest absolute Gasteiger partial charge is 0.464 e. The molecule has 0 bridgehead atoms. The molecular weight excluding hydrogens is 282 g/mol. The third-order valence-electron chi connectivity index (χ3n) is 4.99. The Morgan fingerprint density at radius 1 is 1.32 bits per heavy atom. The predicted octanol–water partition coefficient (Wildman–Crippen LogP) is 1.67. The molecule has 3 heterocycles. The molecule has 2 fully saturated rings. The van der Waals surface area contributed by atoms with Gasteiger partial charge in [-0.15, -0.1) is 0 Å². The summed E-state index contributed by atoms with van der Waals surface area (Å²) in [5, 5.41) is 3.44. The topological polar surface area (TPSA) is 67.6 Å². The van der Waals surface area contributed by atoms with Gasteiger partial charge in [-0.1, -0.05) is 0 Å². The standard InChI is InChI=1S/C16H25N3O3/c1-21-16(20)14-11-22-15(18-14)10-19-8-4-13(5-9-19)12-2-6-17-7-3-12/h11-13,17H,2-10H2,1H3. The van der Waals surface area contributed by atoms with Gasteiger partial charge in [-0.05, 0) is 63.7 Å². The fourth-order valence-electron chi connectivity index (χ4n) is 3.67. The number of piperidine rings is 2. The van der Waals surface area contributed by atoms with Crippen LogP contribution in [0.1, 0.15) is 42.1 Å². The SMILES string of the molecule is COC(=O)c1coc(CN2CCC(C3CCNCC3)CC2)n1. The maximum absolute atomic E-state index is 11.4. The molecule has 6 heteroatoms. The Hall–Kier alpha value is -1.40. The second kappa shape index (κ2) is 7.24. The highest BCUT2D eigenvalue weighted by Crippen LogP contribution is 2.31. The van der Waals surface area contributed by atoms with Gasteiger partial charge in [0.05, 0.1) is 13.7 Å². The number of methoxy groups -OCH3 is 1. The average Bonchev–Trinajstić information content (AvgIpc) is 3.04. The third kappa shape index (κ3) is 3.67. The number of nitrogens with zero attached hydrogens (tertiary/aromatic N) is 2. The number of oxazole rings is 1. The molecule has 122 valence electrons. The van der Waals surface area contributed by atoms with Crippen molar-refractivity contribution in [3.05, 3.63) is 17.8 Å². The number of esters is 1. The predicted molar refractivity (Wildman–Crippen MR) is 81.4 cm³/mol. The first kappa shape index (κ1) is 15.5. The molecule has 0 aliphatic carbocycles. The van der Waals surface area contributed by atoms with E-state index < -0.39 is 5.97 Å². The normalized spacial score (nSPS) is 21.9. The third-order valence-corrected chi connectivity index (χ3v) is 4.99. The molecule has 0 amide bonds. The van der Waals surface area contributed by atoms with Crippen LogP contribution >= 0.6 is 0 Å². The molecule has 0 saturated carbocycles. The molecule has 3 rings (SSSR count). The Balaban J connectivity index is 1.47. The first-order valence-electron chi connectivity index (χ1n) is 8.22. The van der Waals surface area contributed by atoms with E-state index in [1.54, 1.807) is 0 Å². The van der Waals surface area contributed by atoms with E-state index in [2.05, 4.69) is 19.9 Å². The molecule has 0 unspecified atom stereocenters. The number of likely N-dealkylation sites (tertiary alicyclic amines) is 1. The number of carbonyl (C=O) groups excluding carboxylic acids is 1. The van der Waals surface area contributed by atoms with Crippen LogP contribution in [-0.4, -0.2) is 49.1 Å². The highest BCUT2D eigenvalue weighted by Gasteiger charge is 2.28. The van der Waals surface area contributed by atoms with Crippen molar-refractivity contribution in [2.75, 3.05) is 33.3 Å². The van der Waals surface area contributed by atoms with Gasteiger partial charge in [0.2, 0.25) is 5.89 Å². The number of carbonyl (C=O) groups is 1. The van der Waals surface area contributed by atoms with Crippen molar-refractivity contribution >= 4 is 5.97 Å². The fraction of sp³-hybridized carbons (Fsp3) is 0.750. The number of hydrogen-bond donors (Lipinski definition) is 1. The van der Waals surface area contributed by atoms with E-state index in [-0.39, 0.29) is 5.69 Å². The maximum Gasteiger partial charge on any atom is 0.360 e. The lowest BCUT2D eigenvalue weighted by molar-refractivity contribution is 0.0594. The number of aromatic nitrogens is 1. The second-order valence-electron chi connectivity index (χ2n) is 6.32. The highest BCUT2D eigenvalue weighted by molar-refractivity contribution is 5.86. The molecule has 2 aliphatic rings. The summed E-state index contributed by atoms with van der Waals surface area (Å²) in [5.41, 5.74) is 0.252. The molecule has 0 aromatic carbocycles. The van der Waals surface area contributed by atoms with E-state index >= 15 is 0 Å². The zero-order valence-electron chi connectivity index (χ0n) is 13.2. The van der Waals surface area contributed by atoms with Crippen LogP contribution in [0.2, 0.25) is 0 Å². The van der Waals surface area contributed by atoms with Gasteiger partial charge in [-0.3, -0.25) is 4.90 Å². The molecule has 6 nitrogen and oxygen atoms in total. The van der Waals surface area contributed by atoms with Gasteiger partial charge >= 0.3 is 5.97 Å². The minimum atomic E-state index is -0.445. The fourth-order valence-corrected chi connectivity index (χ4v) is 3.67. The summed E-state index contributed by atoms with van der Waals surface area (Å²) >= 11 is 0. The van der Waals surface area contributed by atoms with Crippen molar-refractivity contribution in [3.63, 3.8) is 0 Å². The summed E-state index contributed by atoms with van der Waals surface area (Å²) in [4.78, 5) is 17.9. The minimum Gasteiger partial charge on any atom is -0.464 e. The molecule has 2 aliphatic heterocycles. The van der Waals surface area contributed by atoms with Gasteiger partial charge < -0.3 is 14.5 Å². The number of ether oxygens (including phenoxy) is 1. The second-order valence-corrected chi connectivity index (χ2v) is 6.32. The van der Waals surface area contributed by atoms with E-state index in [9.17, 15) is 4.79 Å². The molecule has 1 N–H and O–H groups in total. The number of nitrogens with one attached hydrogen (secondary N) is 1. The first-order chi connectivity index (χ1) is 10.8. The molecule has 2 saturated heterocycles. The summed E-state index contributed by atoms with van der Waals surface area (Å²) < 4.78 is 10.0. The Morgan fingerprint density at radius 2 is 2.00 bits per heavy atom. The Labute approximate surface area is 131 Å². The Kier molecular flexibility index (Phi) is 5.10. The zero-order chi connectivity index (χ0) is 15.4. The van der Waals surface area contributed by atoms with Gasteiger partial charge in [0, 0.05) is 0 Å². The van der Waals surface area contributed by atoms with Crippen molar-refractivity contribution in [1.29, 1.82) is 0 Å². The molecular formula is C16H25N3O3. The van der Waals surface area contributed by atoms with E-state index in [0.29, 0.717) is 12.4 Å². The smallest absolute Gasteiger partial charge is 0.360 e. The Morgan fingerprint density at radius 3 is 2.68 bits per heavy atom. The van der Waals surface area contributed by atoms with Crippen molar-refractivity contribution in [3.8, 4) is 0 Å². The van der Waals surface area contributed by atoms with Crippen molar-refractivity contribution in [1.82, 2.24) is 15.2 Å². The molecule has 0 spiro atoms. The van der Waals surface area contributed by atoms with E-state index in [0.717, 1.165) is 24.9 Å². The van der Waals surface area contributed by atoms with Crippen LogP contribution in [0.5, 0.6) is 0 Å². The van der Waals surface area contributed by atoms with Crippen molar-refractivity contribution in [2.24, 2.45) is 11.8 Å². The first-order valence-corrected chi connectivity index (χ1v) is 8.22. The summed E-state index contributed by atoms with van der Waals surface area (Å²) in [6, 6.07) is 0. The van der Waals surface area contributed by atoms with Gasteiger partial charge in [0.25, 0.3) is 0 Å². The quantitative estimate of drug-likeness (QED) is 0.854. The van der Waals surface area contributed by atoms with E-state index in [1.165, 1.54) is 52.1 Å². The summed E-state index contributed by atoms with van der Waals surface area (Å²) in [5.74, 6) is 1.92. The summed E-state index contributed by atoms with van der Waals surface area (Å²) in [6.45, 7) is 5.21. The molecule has 0 atom stereocenters. The number of rotatable bonds is 4. The van der Waals surface area contributed by atoms with Crippen LogP contribution < -0.4 is 5.32 Å². The zero-order valence-corrected chi connectivity index (χ0v) is 13.2. The lowest BCUT2D eigenvalue weighted by Crippen LogP contribution is -2.39. The van der Waals surface area contributed by atoms with Gasteiger partial charge in [0.15, 0.2) is 5.69 Å². The molecule has 1 aromatic rings. The summed E-state index contributed by atoms with van der Waals surface area (Å²) in [7, 11) is 1.35. The number of hydrogen-bond acceptors (Lipinski definition) is 6. The van der Waals surface area contributed by atoms with Crippen molar-refractivity contribution in [2.45, 2.75) is 32.2 Å². The van der Waals surface area contributed by atoms with E-state index in [1.807, 2.05) is 0 Å². The maximum atomic E-state index is 11.4.